The molecule has 0 bridgehead atoms. The molecule has 0 atom stereocenters. The van der Waals surface area contributed by atoms with Gasteiger partial charge in [0.2, 0.25) is 5.91 Å². The summed E-state index contributed by atoms with van der Waals surface area (Å²) in [5.41, 5.74) is 5.78. The number of thioether (sulfide) groups is 1. The lowest BCUT2D eigenvalue weighted by Gasteiger charge is -2.12. The van der Waals surface area contributed by atoms with Gasteiger partial charge in [-0.25, -0.2) is 4.98 Å². The standard InChI is InChI=1S/C42H36N4O4S2/c1-28-16-20-32(21-17-28)39-29(2)52-42(46-39)45-38(47)27-51-36-15-9-14-34(25-36)43-41(49)37(44-40(48)33-12-7-4-8-13-33)24-30-18-22-35(23-19-30)50-26-31-10-5-3-6-11-31/h3-25H,26-27H2,1-2H3,(H,43,49)(H,44,48)(H,45,46,47)/b37-24-. The summed E-state index contributed by atoms with van der Waals surface area (Å²) >= 11 is 2.78. The Morgan fingerprint density at radius 3 is 2.23 bits per heavy atom. The van der Waals surface area contributed by atoms with Gasteiger partial charge in [-0.05, 0) is 73.5 Å². The Morgan fingerprint density at radius 1 is 0.788 bits per heavy atom. The van der Waals surface area contributed by atoms with E-state index in [4.69, 9.17) is 4.74 Å². The number of nitrogens with one attached hydrogen (secondary N) is 3. The van der Waals surface area contributed by atoms with Gasteiger partial charge in [0.05, 0.1) is 11.4 Å². The lowest BCUT2D eigenvalue weighted by molar-refractivity contribution is -0.114. The number of hydrogen-bond acceptors (Lipinski definition) is 7. The van der Waals surface area contributed by atoms with Crippen LogP contribution in [0.5, 0.6) is 5.75 Å². The molecular formula is C42H36N4O4S2. The molecule has 0 radical (unpaired) electrons. The number of thiazole rings is 1. The number of carbonyl (C=O) groups excluding carboxylic acids is 3. The van der Waals surface area contributed by atoms with Crippen molar-refractivity contribution in [3.05, 3.63) is 166 Å². The second-order valence-electron chi connectivity index (χ2n) is 11.8. The summed E-state index contributed by atoms with van der Waals surface area (Å²) in [6.07, 6.45) is 1.62. The largest absolute Gasteiger partial charge is 0.489 e. The number of rotatable bonds is 13. The Hall–Kier alpha value is -5.97. The smallest absolute Gasteiger partial charge is 0.272 e. The van der Waals surface area contributed by atoms with E-state index in [1.807, 2.05) is 105 Å². The molecule has 0 saturated carbocycles. The van der Waals surface area contributed by atoms with Gasteiger partial charge < -0.3 is 20.7 Å². The normalized spacial score (nSPS) is 11.1. The summed E-state index contributed by atoms with van der Waals surface area (Å²) in [4.78, 5) is 46.1. The first-order valence-corrected chi connectivity index (χ1v) is 18.3. The minimum atomic E-state index is -0.503. The van der Waals surface area contributed by atoms with Crippen molar-refractivity contribution in [1.29, 1.82) is 0 Å². The molecule has 0 aliphatic rings. The zero-order valence-electron chi connectivity index (χ0n) is 28.6. The van der Waals surface area contributed by atoms with Crippen molar-refractivity contribution in [2.75, 3.05) is 16.4 Å². The van der Waals surface area contributed by atoms with Gasteiger partial charge in [0.15, 0.2) is 5.13 Å². The van der Waals surface area contributed by atoms with Gasteiger partial charge in [-0.2, -0.15) is 0 Å². The fraction of sp³-hybridized carbons (Fsp3) is 0.0952. The first-order chi connectivity index (χ1) is 25.3. The van der Waals surface area contributed by atoms with Crippen molar-refractivity contribution in [1.82, 2.24) is 10.3 Å². The highest BCUT2D eigenvalue weighted by atomic mass is 32.2. The lowest BCUT2D eigenvalue weighted by atomic mass is 10.1. The van der Waals surface area contributed by atoms with Crippen LogP contribution in [-0.2, 0) is 16.2 Å². The van der Waals surface area contributed by atoms with Crippen molar-refractivity contribution in [3.63, 3.8) is 0 Å². The van der Waals surface area contributed by atoms with Crippen molar-refractivity contribution in [2.24, 2.45) is 0 Å². The van der Waals surface area contributed by atoms with Crippen LogP contribution in [0, 0.1) is 13.8 Å². The summed E-state index contributed by atoms with van der Waals surface area (Å²) in [6.45, 7) is 4.46. The Bertz CT molecular complexity index is 2180. The Balaban J connectivity index is 1.10. The number of amides is 3. The predicted molar refractivity (Wildman–Crippen MR) is 211 cm³/mol. The Morgan fingerprint density at radius 2 is 1.50 bits per heavy atom. The molecule has 0 aliphatic heterocycles. The second-order valence-corrected chi connectivity index (χ2v) is 14.1. The zero-order chi connectivity index (χ0) is 36.3. The fourth-order valence-corrected chi connectivity index (χ4v) is 6.71. The summed E-state index contributed by atoms with van der Waals surface area (Å²) < 4.78 is 5.90. The molecule has 5 aromatic carbocycles. The third kappa shape index (κ3) is 10.1. The van der Waals surface area contributed by atoms with Crippen molar-refractivity contribution in [2.45, 2.75) is 25.3 Å². The van der Waals surface area contributed by atoms with Gasteiger partial charge in [-0.1, -0.05) is 96.6 Å². The molecule has 0 saturated heterocycles. The molecule has 52 heavy (non-hydrogen) atoms. The molecule has 3 N–H and O–H groups in total. The summed E-state index contributed by atoms with van der Waals surface area (Å²) in [5.74, 6) is -0.274. The average molecular weight is 725 g/mol. The number of aromatic nitrogens is 1. The van der Waals surface area contributed by atoms with Crippen LogP contribution in [0.4, 0.5) is 10.8 Å². The van der Waals surface area contributed by atoms with E-state index < -0.39 is 11.8 Å². The van der Waals surface area contributed by atoms with Crippen LogP contribution >= 0.6 is 23.1 Å². The predicted octanol–water partition coefficient (Wildman–Crippen LogP) is 9.15. The quantitative estimate of drug-likeness (QED) is 0.0810. The van der Waals surface area contributed by atoms with E-state index >= 15 is 0 Å². The highest BCUT2D eigenvalue weighted by Crippen LogP contribution is 2.31. The number of aryl methyl sites for hydroxylation is 2. The van der Waals surface area contributed by atoms with Crippen molar-refractivity contribution in [3.8, 4) is 17.0 Å². The third-order valence-electron chi connectivity index (χ3n) is 7.80. The van der Waals surface area contributed by atoms with Crippen LogP contribution in [-0.4, -0.2) is 28.5 Å². The van der Waals surface area contributed by atoms with Crippen LogP contribution in [0.1, 0.15) is 31.9 Å². The molecule has 0 unspecified atom stereocenters. The maximum Gasteiger partial charge on any atom is 0.272 e. The van der Waals surface area contributed by atoms with Crippen LogP contribution in [0.25, 0.3) is 17.3 Å². The summed E-state index contributed by atoms with van der Waals surface area (Å²) in [5, 5.41) is 9.13. The zero-order valence-corrected chi connectivity index (χ0v) is 30.2. The van der Waals surface area contributed by atoms with Gasteiger partial charge in [-0.15, -0.1) is 23.1 Å². The molecule has 1 aromatic heterocycles. The molecule has 3 amide bonds. The average Bonchev–Trinajstić information content (AvgIpc) is 3.53. The van der Waals surface area contributed by atoms with Crippen LogP contribution in [0.2, 0.25) is 0 Å². The van der Waals surface area contributed by atoms with Crippen molar-refractivity contribution < 1.29 is 19.1 Å². The number of nitrogens with zero attached hydrogens (tertiary/aromatic N) is 1. The number of benzene rings is 5. The van der Waals surface area contributed by atoms with Crippen LogP contribution in [0.3, 0.4) is 0 Å². The monoisotopic (exact) mass is 724 g/mol. The second kappa shape index (κ2) is 17.3. The number of ether oxygens (including phenoxy) is 1. The van der Waals surface area contributed by atoms with Crippen LogP contribution < -0.4 is 20.7 Å². The topological polar surface area (TPSA) is 109 Å². The van der Waals surface area contributed by atoms with E-state index in [1.54, 1.807) is 48.5 Å². The molecule has 1 heterocycles. The summed E-state index contributed by atoms with van der Waals surface area (Å²) in [6, 6.07) is 41.2. The van der Waals surface area contributed by atoms with Gasteiger partial charge in [0.25, 0.3) is 11.8 Å². The van der Waals surface area contributed by atoms with Gasteiger partial charge in [-0.3, -0.25) is 14.4 Å². The Kier molecular flexibility index (Phi) is 11.9. The minimum Gasteiger partial charge on any atom is -0.489 e. The number of carbonyl (C=O) groups is 3. The highest BCUT2D eigenvalue weighted by molar-refractivity contribution is 8.00. The number of hydrogen-bond donors (Lipinski definition) is 3. The maximum absolute atomic E-state index is 13.6. The summed E-state index contributed by atoms with van der Waals surface area (Å²) in [7, 11) is 0. The first-order valence-electron chi connectivity index (χ1n) is 16.5. The molecule has 0 aliphatic carbocycles. The van der Waals surface area contributed by atoms with E-state index in [9.17, 15) is 14.4 Å². The first kappa shape index (κ1) is 35.8. The van der Waals surface area contributed by atoms with Crippen LogP contribution in [0.15, 0.2) is 144 Å². The SMILES string of the molecule is Cc1ccc(-c2nc(NC(=O)CSc3cccc(NC(=O)/C(=C/c4ccc(OCc5ccccc5)cc4)NC(=O)c4ccccc4)c3)sc2C)cc1. The van der Waals surface area contributed by atoms with Gasteiger partial charge in [0.1, 0.15) is 18.1 Å². The van der Waals surface area contributed by atoms with E-state index in [2.05, 4.69) is 20.9 Å². The van der Waals surface area contributed by atoms with E-state index in [0.717, 1.165) is 26.6 Å². The fourth-order valence-electron chi connectivity index (χ4n) is 5.11. The highest BCUT2D eigenvalue weighted by Gasteiger charge is 2.16. The Labute approximate surface area is 311 Å². The molecule has 8 nitrogen and oxygen atoms in total. The van der Waals surface area contributed by atoms with Gasteiger partial charge >= 0.3 is 0 Å². The molecule has 0 spiro atoms. The lowest BCUT2D eigenvalue weighted by Crippen LogP contribution is -2.30. The van der Waals surface area contributed by atoms with E-state index in [-0.39, 0.29) is 17.4 Å². The van der Waals surface area contributed by atoms with Gasteiger partial charge in [0, 0.05) is 26.6 Å². The number of anilines is 2. The third-order valence-corrected chi connectivity index (χ3v) is 9.68. The molecule has 260 valence electrons. The molecule has 0 fully saturated rings. The van der Waals surface area contributed by atoms with E-state index in [1.165, 1.54) is 28.7 Å². The van der Waals surface area contributed by atoms with Crippen molar-refractivity contribution >= 4 is 57.7 Å². The molecular weight excluding hydrogens is 689 g/mol. The molecule has 10 heteroatoms. The maximum atomic E-state index is 13.6. The van der Waals surface area contributed by atoms with E-state index in [0.29, 0.717) is 34.3 Å². The molecule has 6 rings (SSSR count). The molecule has 6 aromatic rings. The minimum absolute atomic E-state index is 0.0630.